The van der Waals surface area contributed by atoms with Gasteiger partial charge in [0.25, 0.3) is 0 Å². The summed E-state index contributed by atoms with van der Waals surface area (Å²) in [6, 6.07) is 36.3. The fraction of sp³-hybridized carbons (Fsp3) is 0.325. The highest BCUT2D eigenvalue weighted by Gasteiger charge is 2.30. The zero-order valence-corrected chi connectivity index (χ0v) is 29.2. The van der Waals surface area contributed by atoms with Crippen LogP contribution < -0.4 is 10.6 Å². The zero-order chi connectivity index (χ0) is 34.9. The van der Waals surface area contributed by atoms with Gasteiger partial charge in [-0.1, -0.05) is 135 Å². The third kappa shape index (κ3) is 13.5. The molecule has 49 heavy (non-hydrogen) atoms. The van der Waals surface area contributed by atoms with Crippen molar-refractivity contribution in [3.8, 4) is 0 Å². The first-order valence-corrected chi connectivity index (χ1v) is 18.8. The van der Waals surface area contributed by atoms with Crippen LogP contribution in [-0.4, -0.2) is 48.8 Å². The molecule has 0 radical (unpaired) electrons. The van der Waals surface area contributed by atoms with E-state index < -0.39 is 43.8 Å². The molecule has 0 spiro atoms. The average molecular weight is 683 g/mol. The predicted molar refractivity (Wildman–Crippen MR) is 194 cm³/mol. The van der Waals surface area contributed by atoms with Crippen molar-refractivity contribution in [2.75, 3.05) is 18.9 Å². The zero-order valence-electron chi connectivity index (χ0n) is 28.3. The molecule has 0 saturated heterocycles. The molecule has 2 N–H and O–H groups in total. The van der Waals surface area contributed by atoms with Crippen LogP contribution in [0.1, 0.15) is 42.5 Å². The normalized spacial score (nSPS) is 12.6. The second-order valence-corrected chi connectivity index (χ2v) is 15.4. The minimum absolute atomic E-state index is 0.0593. The van der Waals surface area contributed by atoms with E-state index in [2.05, 4.69) is 10.6 Å². The number of hydrogen-bond donors (Lipinski definition) is 2. The van der Waals surface area contributed by atoms with Gasteiger partial charge < -0.3 is 19.9 Å². The molecular formula is C40H47N2O6P. The number of hydrogen-bond acceptors (Lipinski definition) is 6. The van der Waals surface area contributed by atoms with Crippen LogP contribution in [0.25, 0.3) is 0 Å². The topological polar surface area (TPSA) is 111 Å². The van der Waals surface area contributed by atoms with Gasteiger partial charge in [-0.05, 0) is 53.9 Å². The molecule has 8 nitrogen and oxygen atoms in total. The van der Waals surface area contributed by atoms with Gasteiger partial charge >= 0.3 is 6.09 Å². The molecular weight excluding hydrogens is 635 g/mol. The highest BCUT2D eigenvalue weighted by molar-refractivity contribution is 7.59. The number of nitrogens with one attached hydrogen (secondary N) is 2. The second kappa shape index (κ2) is 19.5. The molecule has 4 aromatic carbocycles. The third-order valence-corrected chi connectivity index (χ3v) is 10.5. The van der Waals surface area contributed by atoms with Crippen LogP contribution in [-0.2, 0) is 49.3 Å². The van der Waals surface area contributed by atoms with E-state index in [0.717, 1.165) is 22.3 Å². The molecule has 0 heterocycles. The van der Waals surface area contributed by atoms with Crippen molar-refractivity contribution in [3.63, 3.8) is 0 Å². The molecule has 258 valence electrons. The maximum Gasteiger partial charge on any atom is 0.408 e. The molecule has 9 heteroatoms. The van der Waals surface area contributed by atoms with E-state index >= 15 is 0 Å². The molecule has 4 rings (SSSR count). The van der Waals surface area contributed by atoms with Gasteiger partial charge in [-0.3, -0.25) is 14.2 Å². The standard InChI is InChI=1S/C40H47N2O6P/c1-31(2)27-37(42-40(45)47-29-35-21-13-6-14-22-35)39(44)41-36(28-34-19-11-5-12-20-34)38(43)30-48-49(46,25-23-32-15-7-3-8-16-32)26-24-33-17-9-4-10-18-33/h3-22,31,36-37H,23-30H2,1-2H3,(H,41,44)(H,42,45)/t36-,37-/m0/s1. The fourth-order valence-corrected chi connectivity index (χ4v) is 7.43. The Balaban J connectivity index is 1.46. The first-order valence-electron chi connectivity index (χ1n) is 16.8. The maximum absolute atomic E-state index is 14.3. The number of ketones is 1. The second-order valence-electron chi connectivity index (χ2n) is 12.6. The van der Waals surface area contributed by atoms with Crippen LogP contribution in [0.2, 0.25) is 0 Å². The Morgan fingerprint density at radius 1 is 0.633 bits per heavy atom. The summed E-state index contributed by atoms with van der Waals surface area (Å²) in [5.41, 5.74) is 3.74. The van der Waals surface area contributed by atoms with Gasteiger partial charge in [-0.25, -0.2) is 4.79 Å². The highest BCUT2D eigenvalue weighted by Crippen LogP contribution is 2.48. The summed E-state index contributed by atoms with van der Waals surface area (Å²) in [6.45, 7) is 3.53. The van der Waals surface area contributed by atoms with Crippen LogP contribution in [0.3, 0.4) is 0 Å². The van der Waals surface area contributed by atoms with E-state index in [0.29, 0.717) is 19.3 Å². The summed E-state index contributed by atoms with van der Waals surface area (Å²) in [5, 5.41) is 5.56. The van der Waals surface area contributed by atoms with Crippen molar-refractivity contribution >= 4 is 25.2 Å². The first-order chi connectivity index (χ1) is 23.7. The fourth-order valence-electron chi connectivity index (χ4n) is 5.39. The number of benzene rings is 4. The monoisotopic (exact) mass is 682 g/mol. The molecule has 0 aromatic heterocycles. The van der Waals surface area contributed by atoms with Gasteiger partial charge in [-0.15, -0.1) is 0 Å². The Morgan fingerprint density at radius 3 is 1.59 bits per heavy atom. The summed E-state index contributed by atoms with van der Waals surface area (Å²) in [5.74, 6) is -0.834. The SMILES string of the molecule is CC(C)C[C@H](NC(=O)OCc1ccccc1)C(=O)N[C@@H](Cc1ccccc1)C(=O)COP(=O)(CCc1ccccc1)CCc1ccccc1. The van der Waals surface area contributed by atoms with Crippen molar-refractivity contribution in [3.05, 3.63) is 144 Å². The first kappa shape index (κ1) is 37.3. The molecule has 0 aliphatic heterocycles. The van der Waals surface area contributed by atoms with Gasteiger partial charge in [0.2, 0.25) is 13.3 Å². The van der Waals surface area contributed by atoms with E-state index in [1.807, 2.05) is 135 Å². The molecule has 0 aliphatic rings. The number of amides is 2. The maximum atomic E-state index is 14.3. The lowest BCUT2D eigenvalue weighted by Gasteiger charge is -2.25. The van der Waals surface area contributed by atoms with E-state index in [1.54, 1.807) is 0 Å². The Hall–Kier alpha value is -4.52. The Kier molecular flexibility index (Phi) is 14.8. The number of carbonyl (C=O) groups is 3. The lowest BCUT2D eigenvalue weighted by Crippen LogP contribution is -2.53. The summed E-state index contributed by atoms with van der Waals surface area (Å²) >= 11 is 0. The van der Waals surface area contributed by atoms with Crippen molar-refractivity contribution in [2.24, 2.45) is 5.92 Å². The number of alkyl carbamates (subject to hydrolysis) is 1. The quantitative estimate of drug-likeness (QED) is 0.0998. The van der Waals surface area contributed by atoms with Crippen LogP contribution >= 0.6 is 7.37 Å². The number of Topliss-reactive ketones (excluding diaryl/α,β-unsaturated/α-hetero) is 1. The lowest BCUT2D eigenvalue weighted by atomic mass is 10.00. The lowest BCUT2D eigenvalue weighted by molar-refractivity contribution is -0.130. The molecule has 4 aromatic rings. The number of rotatable bonds is 19. The van der Waals surface area contributed by atoms with E-state index in [1.165, 1.54) is 0 Å². The van der Waals surface area contributed by atoms with Crippen LogP contribution in [0.15, 0.2) is 121 Å². The molecule has 0 fully saturated rings. The van der Waals surface area contributed by atoms with E-state index in [9.17, 15) is 18.9 Å². The summed E-state index contributed by atoms with van der Waals surface area (Å²) in [7, 11) is -3.26. The van der Waals surface area contributed by atoms with Crippen LogP contribution in [0.4, 0.5) is 4.79 Å². The van der Waals surface area contributed by atoms with Gasteiger partial charge in [0.15, 0.2) is 5.78 Å². The van der Waals surface area contributed by atoms with Crippen molar-refractivity contribution in [2.45, 2.75) is 58.2 Å². The highest BCUT2D eigenvalue weighted by atomic mass is 31.2. The van der Waals surface area contributed by atoms with Crippen molar-refractivity contribution in [1.82, 2.24) is 10.6 Å². The average Bonchev–Trinajstić information content (AvgIpc) is 3.12. The van der Waals surface area contributed by atoms with Gasteiger partial charge in [0.1, 0.15) is 19.3 Å². The number of carbonyl (C=O) groups excluding carboxylic acids is 3. The molecule has 0 bridgehead atoms. The smallest absolute Gasteiger partial charge is 0.408 e. The largest absolute Gasteiger partial charge is 0.445 e. The number of aryl methyl sites for hydroxylation is 2. The van der Waals surface area contributed by atoms with Crippen molar-refractivity contribution in [1.29, 1.82) is 0 Å². The Morgan fingerprint density at radius 2 is 1.10 bits per heavy atom. The molecule has 0 unspecified atom stereocenters. The molecule has 0 aliphatic carbocycles. The predicted octanol–water partition coefficient (Wildman–Crippen LogP) is 7.40. The van der Waals surface area contributed by atoms with Gasteiger partial charge in [-0.2, -0.15) is 0 Å². The summed E-state index contributed by atoms with van der Waals surface area (Å²) < 4.78 is 25.7. The molecule has 0 saturated carbocycles. The third-order valence-electron chi connectivity index (χ3n) is 8.13. The minimum Gasteiger partial charge on any atom is -0.445 e. The van der Waals surface area contributed by atoms with E-state index in [-0.39, 0.29) is 31.3 Å². The van der Waals surface area contributed by atoms with Crippen LogP contribution in [0.5, 0.6) is 0 Å². The minimum atomic E-state index is -3.26. The summed E-state index contributed by atoms with van der Waals surface area (Å²) in [4.78, 5) is 40.2. The Bertz CT molecular complexity index is 1590. The van der Waals surface area contributed by atoms with Gasteiger partial charge in [0.05, 0.1) is 6.04 Å². The molecule has 2 amide bonds. The number of ether oxygens (including phenoxy) is 1. The van der Waals surface area contributed by atoms with Crippen molar-refractivity contribution < 1.29 is 28.2 Å². The Labute approximate surface area is 290 Å². The van der Waals surface area contributed by atoms with Gasteiger partial charge in [0, 0.05) is 12.3 Å². The van der Waals surface area contributed by atoms with Crippen LogP contribution in [0, 0.1) is 5.92 Å². The molecule has 2 atom stereocenters. The van der Waals surface area contributed by atoms with E-state index in [4.69, 9.17) is 9.26 Å². The summed E-state index contributed by atoms with van der Waals surface area (Å²) in [6.07, 6.45) is 1.50.